The van der Waals surface area contributed by atoms with E-state index >= 15 is 0 Å². The van der Waals surface area contributed by atoms with E-state index in [1.165, 1.54) is 0 Å². The molecule has 3 rings (SSSR count). The Morgan fingerprint density at radius 3 is 2.17 bits per heavy atom. The molecule has 0 bridgehead atoms. The summed E-state index contributed by atoms with van der Waals surface area (Å²) in [6.07, 6.45) is -0.968. The molecule has 1 atom stereocenters. The van der Waals surface area contributed by atoms with Gasteiger partial charge >= 0.3 is 0 Å². The minimum atomic E-state index is -0.968. The molecule has 2 amide bonds. The summed E-state index contributed by atoms with van der Waals surface area (Å²) in [5.41, 5.74) is 0.743. The number of para-hydroxylation sites is 1. The zero-order chi connectivity index (χ0) is 16.4. The van der Waals surface area contributed by atoms with Gasteiger partial charge in [0.25, 0.3) is 11.8 Å². The number of aliphatic hydroxyl groups excluding tert-OH is 1. The fourth-order valence-corrected chi connectivity index (χ4v) is 2.82. The molecule has 118 valence electrons. The van der Waals surface area contributed by atoms with E-state index in [0.29, 0.717) is 16.9 Å². The molecule has 2 aromatic rings. The lowest BCUT2D eigenvalue weighted by molar-refractivity contribution is 0.0456. The van der Waals surface area contributed by atoms with Crippen LogP contribution in [-0.2, 0) is 0 Å². The number of hydrogen-bond acceptors (Lipinski definition) is 4. The number of benzene rings is 2. The first-order valence-electron chi connectivity index (χ1n) is 7.08. The van der Waals surface area contributed by atoms with Crippen molar-refractivity contribution in [2.24, 2.45) is 0 Å². The van der Waals surface area contributed by atoms with Crippen molar-refractivity contribution in [2.75, 3.05) is 13.2 Å². The van der Waals surface area contributed by atoms with Crippen LogP contribution in [0.4, 0.5) is 0 Å². The summed E-state index contributed by atoms with van der Waals surface area (Å²) < 4.78 is 6.28. The monoisotopic (exact) mass is 375 g/mol. The van der Waals surface area contributed by atoms with Gasteiger partial charge < -0.3 is 9.84 Å². The van der Waals surface area contributed by atoms with Gasteiger partial charge in [0.05, 0.1) is 22.1 Å². The van der Waals surface area contributed by atoms with Crippen LogP contribution >= 0.6 is 15.9 Å². The van der Waals surface area contributed by atoms with Crippen LogP contribution in [0.2, 0.25) is 0 Å². The molecular formula is C17H14BrNO4. The number of hydrogen-bond donors (Lipinski definition) is 1. The van der Waals surface area contributed by atoms with Gasteiger partial charge in [-0.15, -0.1) is 0 Å². The Morgan fingerprint density at radius 1 is 1.00 bits per heavy atom. The van der Waals surface area contributed by atoms with Crippen molar-refractivity contribution in [1.29, 1.82) is 0 Å². The number of nitrogens with zero attached hydrogens (tertiary/aromatic N) is 1. The van der Waals surface area contributed by atoms with Crippen LogP contribution in [0.3, 0.4) is 0 Å². The van der Waals surface area contributed by atoms with Gasteiger partial charge in [0.15, 0.2) is 0 Å². The predicted octanol–water partition coefficient (Wildman–Crippen LogP) is 2.49. The number of carbonyl (C=O) groups is 2. The second kappa shape index (κ2) is 6.52. The molecule has 1 heterocycles. The molecule has 23 heavy (non-hydrogen) atoms. The van der Waals surface area contributed by atoms with E-state index in [1.807, 2.05) is 18.2 Å². The predicted molar refractivity (Wildman–Crippen MR) is 87.5 cm³/mol. The molecule has 0 fully saturated rings. The van der Waals surface area contributed by atoms with Gasteiger partial charge in [-0.25, -0.2) is 0 Å². The number of rotatable bonds is 5. The van der Waals surface area contributed by atoms with Crippen LogP contribution in [0, 0.1) is 0 Å². The molecule has 1 unspecified atom stereocenters. The first-order valence-corrected chi connectivity index (χ1v) is 7.88. The number of ether oxygens (including phenoxy) is 1. The quantitative estimate of drug-likeness (QED) is 0.815. The van der Waals surface area contributed by atoms with Crippen molar-refractivity contribution in [3.05, 3.63) is 64.1 Å². The summed E-state index contributed by atoms with van der Waals surface area (Å²) in [4.78, 5) is 25.5. The van der Waals surface area contributed by atoms with Crippen molar-refractivity contribution in [2.45, 2.75) is 6.10 Å². The smallest absolute Gasteiger partial charge is 0.261 e. The fraction of sp³-hybridized carbons (Fsp3) is 0.176. The van der Waals surface area contributed by atoms with Crippen LogP contribution in [-0.4, -0.2) is 41.1 Å². The van der Waals surface area contributed by atoms with Crippen LogP contribution in [0.1, 0.15) is 20.7 Å². The third-order valence-electron chi connectivity index (χ3n) is 3.54. The Balaban J connectivity index is 1.63. The minimum absolute atomic E-state index is 0.0178. The van der Waals surface area contributed by atoms with E-state index in [-0.39, 0.29) is 25.0 Å². The van der Waals surface area contributed by atoms with E-state index in [0.717, 1.165) is 9.37 Å². The summed E-state index contributed by atoms with van der Waals surface area (Å²) in [6.45, 7) is -0.118. The van der Waals surface area contributed by atoms with Gasteiger partial charge in [-0.1, -0.05) is 24.3 Å². The second-order valence-electron chi connectivity index (χ2n) is 5.16. The van der Waals surface area contributed by atoms with Gasteiger partial charge in [0, 0.05) is 0 Å². The lowest BCUT2D eigenvalue weighted by Gasteiger charge is -2.19. The Morgan fingerprint density at radius 2 is 1.57 bits per heavy atom. The topological polar surface area (TPSA) is 66.8 Å². The Kier molecular flexibility index (Phi) is 4.45. The average molecular weight is 376 g/mol. The van der Waals surface area contributed by atoms with Gasteiger partial charge in [0.2, 0.25) is 0 Å². The Hall–Kier alpha value is -2.18. The van der Waals surface area contributed by atoms with Crippen molar-refractivity contribution >= 4 is 27.7 Å². The molecule has 0 saturated heterocycles. The molecule has 1 aliphatic rings. The van der Waals surface area contributed by atoms with Gasteiger partial charge in [-0.3, -0.25) is 14.5 Å². The third-order valence-corrected chi connectivity index (χ3v) is 4.19. The lowest BCUT2D eigenvalue weighted by atomic mass is 10.1. The lowest BCUT2D eigenvalue weighted by Crippen LogP contribution is -2.39. The summed E-state index contributed by atoms with van der Waals surface area (Å²) >= 11 is 3.35. The molecule has 0 spiro atoms. The van der Waals surface area contributed by atoms with Crippen LogP contribution in [0.25, 0.3) is 0 Å². The Bertz CT molecular complexity index is 727. The zero-order valence-corrected chi connectivity index (χ0v) is 13.7. The van der Waals surface area contributed by atoms with E-state index in [1.54, 1.807) is 30.3 Å². The van der Waals surface area contributed by atoms with Crippen molar-refractivity contribution in [3.63, 3.8) is 0 Å². The van der Waals surface area contributed by atoms with Gasteiger partial charge in [-0.05, 0) is 40.2 Å². The second-order valence-corrected chi connectivity index (χ2v) is 6.02. The van der Waals surface area contributed by atoms with Crippen molar-refractivity contribution in [1.82, 2.24) is 4.90 Å². The van der Waals surface area contributed by atoms with Gasteiger partial charge in [0.1, 0.15) is 18.5 Å². The highest BCUT2D eigenvalue weighted by Gasteiger charge is 2.36. The number of carbonyl (C=O) groups excluding carboxylic acids is 2. The van der Waals surface area contributed by atoms with Crippen molar-refractivity contribution < 1.29 is 19.4 Å². The molecular weight excluding hydrogens is 362 g/mol. The number of imide groups is 1. The number of aliphatic hydroxyl groups is 1. The van der Waals surface area contributed by atoms with Crippen LogP contribution in [0.5, 0.6) is 5.75 Å². The molecule has 0 saturated carbocycles. The normalized spacial score (nSPS) is 14.8. The third kappa shape index (κ3) is 3.13. The maximum absolute atomic E-state index is 12.2. The molecule has 0 aliphatic carbocycles. The maximum atomic E-state index is 12.2. The largest absolute Gasteiger partial charge is 0.490 e. The van der Waals surface area contributed by atoms with E-state index in [4.69, 9.17) is 4.74 Å². The van der Waals surface area contributed by atoms with E-state index in [9.17, 15) is 14.7 Å². The highest BCUT2D eigenvalue weighted by atomic mass is 79.9. The van der Waals surface area contributed by atoms with E-state index in [2.05, 4.69) is 15.9 Å². The van der Waals surface area contributed by atoms with Gasteiger partial charge in [-0.2, -0.15) is 0 Å². The summed E-state index contributed by atoms with van der Waals surface area (Å²) in [5.74, 6) is -0.176. The summed E-state index contributed by atoms with van der Waals surface area (Å²) in [6, 6.07) is 13.9. The summed E-state index contributed by atoms with van der Waals surface area (Å²) in [7, 11) is 0. The minimum Gasteiger partial charge on any atom is -0.490 e. The first-order chi connectivity index (χ1) is 11.1. The molecule has 1 aliphatic heterocycles. The molecule has 2 aromatic carbocycles. The number of fused-ring (bicyclic) bond motifs is 1. The SMILES string of the molecule is O=C1c2ccccc2C(=O)N1CC(O)COc1ccccc1Br. The van der Waals surface area contributed by atoms with Crippen molar-refractivity contribution in [3.8, 4) is 5.75 Å². The standard InChI is InChI=1S/C17H14BrNO4/c18-14-7-3-4-8-15(14)23-10-11(20)9-19-16(21)12-5-1-2-6-13(12)17(19)22/h1-8,11,20H,9-10H2. The number of halogens is 1. The fourth-order valence-electron chi connectivity index (χ4n) is 2.42. The van der Waals surface area contributed by atoms with E-state index < -0.39 is 6.10 Å². The highest BCUT2D eigenvalue weighted by Crippen LogP contribution is 2.25. The average Bonchev–Trinajstić information content (AvgIpc) is 2.80. The summed E-state index contributed by atoms with van der Waals surface area (Å²) in [5, 5.41) is 10.1. The molecule has 1 N–H and O–H groups in total. The van der Waals surface area contributed by atoms with Crippen LogP contribution in [0.15, 0.2) is 53.0 Å². The Labute approximate surface area is 141 Å². The number of amides is 2. The molecule has 5 nitrogen and oxygen atoms in total. The molecule has 0 aromatic heterocycles. The highest BCUT2D eigenvalue weighted by molar-refractivity contribution is 9.10. The first kappa shape index (κ1) is 15.7. The molecule has 6 heteroatoms. The number of β-amino-alcohol motifs (C(OH)–C–C–N with tert-alkyl or cyclic N) is 1. The maximum Gasteiger partial charge on any atom is 0.261 e. The zero-order valence-electron chi connectivity index (χ0n) is 12.1. The van der Waals surface area contributed by atoms with Crippen LogP contribution < -0.4 is 4.74 Å². The molecule has 0 radical (unpaired) electrons.